The first kappa shape index (κ1) is 15.0. The molecule has 0 unspecified atom stereocenters. The van der Waals surface area contributed by atoms with Crippen molar-refractivity contribution in [1.82, 2.24) is 15.1 Å². The van der Waals surface area contributed by atoms with Crippen LogP contribution in [0.4, 0.5) is 10.6 Å². The largest absolute Gasteiger partial charge is 0.476 e. The third-order valence-electron chi connectivity index (χ3n) is 3.26. The van der Waals surface area contributed by atoms with Gasteiger partial charge in [-0.25, -0.2) is 9.59 Å². The molecule has 1 saturated heterocycles. The molecule has 1 aliphatic heterocycles. The minimum atomic E-state index is -1.10. The first-order valence-electron chi connectivity index (χ1n) is 6.85. The molecule has 8 heteroatoms. The maximum atomic E-state index is 11.6. The van der Waals surface area contributed by atoms with Crippen molar-refractivity contribution in [1.29, 1.82) is 0 Å². The van der Waals surface area contributed by atoms with Crippen LogP contribution in [0, 0.1) is 0 Å². The van der Waals surface area contributed by atoms with Crippen LogP contribution < -0.4 is 5.32 Å². The van der Waals surface area contributed by atoms with E-state index in [1.165, 1.54) is 6.07 Å². The molecule has 2 heterocycles. The van der Waals surface area contributed by atoms with E-state index in [9.17, 15) is 9.59 Å². The molecule has 1 aromatic rings. The number of anilines is 1. The second-order valence-electron chi connectivity index (χ2n) is 4.71. The van der Waals surface area contributed by atoms with Crippen molar-refractivity contribution in [2.75, 3.05) is 25.0 Å². The maximum Gasteiger partial charge on any atom is 0.409 e. The average molecular weight is 294 g/mol. The summed E-state index contributed by atoms with van der Waals surface area (Å²) in [6.45, 7) is 3.41. The lowest BCUT2D eigenvalue weighted by molar-refractivity contribution is 0.0689. The summed E-state index contributed by atoms with van der Waals surface area (Å²) in [6.07, 6.45) is 1.28. The summed E-state index contributed by atoms with van der Waals surface area (Å²) in [5.41, 5.74) is -0.0855. The third-order valence-corrected chi connectivity index (χ3v) is 3.26. The van der Waals surface area contributed by atoms with Crippen LogP contribution in [0.2, 0.25) is 0 Å². The summed E-state index contributed by atoms with van der Waals surface area (Å²) in [4.78, 5) is 23.9. The third kappa shape index (κ3) is 4.04. The SMILES string of the molecule is CCOC(=O)N1CCC(Nc2ccc(C(=O)O)nn2)CC1. The lowest BCUT2D eigenvalue weighted by Crippen LogP contribution is -2.42. The van der Waals surface area contributed by atoms with Crippen molar-refractivity contribution in [2.24, 2.45) is 0 Å². The van der Waals surface area contributed by atoms with E-state index >= 15 is 0 Å². The summed E-state index contributed by atoms with van der Waals surface area (Å²) >= 11 is 0. The zero-order chi connectivity index (χ0) is 15.2. The summed E-state index contributed by atoms with van der Waals surface area (Å²) in [7, 11) is 0. The topological polar surface area (TPSA) is 105 Å². The lowest BCUT2D eigenvalue weighted by Gasteiger charge is -2.31. The van der Waals surface area contributed by atoms with Gasteiger partial charge in [-0.05, 0) is 31.9 Å². The Morgan fingerprint density at radius 1 is 1.38 bits per heavy atom. The van der Waals surface area contributed by atoms with E-state index in [1.54, 1.807) is 17.9 Å². The van der Waals surface area contributed by atoms with E-state index in [4.69, 9.17) is 9.84 Å². The fourth-order valence-electron chi connectivity index (χ4n) is 2.15. The van der Waals surface area contributed by atoms with Gasteiger partial charge in [-0.15, -0.1) is 10.2 Å². The Morgan fingerprint density at radius 3 is 2.62 bits per heavy atom. The molecule has 1 aliphatic rings. The molecule has 1 amide bonds. The van der Waals surface area contributed by atoms with Gasteiger partial charge in [0.15, 0.2) is 5.69 Å². The minimum Gasteiger partial charge on any atom is -0.476 e. The molecule has 2 N–H and O–H groups in total. The molecule has 0 radical (unpaired) electrons. The van der Waals surface area contributed by atoms with Crippen LogP contribution in [0.1, 0.15) is 30.3 Å². The van der Waals surface area contributed by atoms with E-state index in [-0.39, 0.29) is 17.8 Å². The molecule has 0 saturated carbocycles. The highest BCUT2D eigenvalue weighted by Crippen LogP contribution is 2.15. The summed E-state index contributed by atoms with van der Waals surface area (Å²) < 4.78 is 4.96. The number of hydrogen-bond acceptors (Lipinski definition) is 6. The number of likely N-dealkylation sites (tertiary alicyclic amines) is 1. The number of rotatable bonds is 4. The quantitative estimate of drug-likeness (QED) is 0.859. The van der Waals surface area contributed by atoms with E-state index < -0.39 is 5.97 Å². The Bertz CT molecular complexity index is 497. The van der Waals surface area contributed by atoms with Crippen LogP contribution in [0.15, 0.2) is 12.1 Å². The predicted octanol–water partition coefficient (Wildman–Crippen LogP) is 1.21. The Kier molecular flexibility index (Phi) is 4.91. The molecule has 0 aliphatic carbocycles. The zero-order valence-corrected chi connectivity index (χ0v) is 11.8. The molecule has 2 rings (SSSR count). The second-order valence-corrected chi connectivity index (χ2v) is 4.71. The molecule has 1 fully saturated rings. The molecule has 0 bridgehead atoms. The second kappa shape index (κ2) is 6.87. The van der Waals surface area contributed by atoms with Crippen LogP contribution in [0.25, 0.3) is 0 Å². The van der Waals surface area contributed by atoms with Crippen LogP contribution in [-0.2, 0) is 4.74 Å². The van der Waals surface area contributed by atoms with Crippen molar-refractivity contribution in [3.8, 4) is 0 Å². The van der Waals surface area contributed by atoms with Gasteiger partial charge in [0.05, 0.1) is 6.61 Å². The molecule has 0 atom stereocenters. The maximum absolute atomic E-state index is 11.6. The molecule has 0 aromatic carbocycles. The van der Waals surface area contributed by atoms with E-state index in [0.29, 0.717) is 25.5 Å². The molecule has 21 heavy (non-hydrogen) atoms. The molecule has 0 spiro atoms. The number of hydrogen-bond donors (Lipinski definition) is 2. The van der Waals surface area contributed by atoms with Crippen LogP contribution in [-0.4, -0.2) is 58.0 Å². The Morgan fingerprint density at radius 2 is 2.10 bits per heavy atom. The van der Waals surface area contributed by atoms with Crippen molar-refractivity contribution in [2.45, 2.75) is 25.8 Å². The predicted molar refractivity (Wildman–Crippen MR) is 74.2 cm³/mol. The smallest absolute Gasteiger partial charge is 0.409 e. The van der Waals surface area contributed by atoms with Gasteiger partial charge in [0.2, 0.25) is 0 Å². The number of carbonyl (C=O) groups excluding carboxylic acids is 1. The zero-order valence-electron chi connectivity index (χ0n) is 11.8. The van der Waals surface area contributed by atoms with Crippen LogP contribution in [0.5, 0.6) is 0 Å². The first-order chi connectivity index (χ1) is 10.1. The van der Waals surface area contributed by atoms with Gasteiger partial charge >= 0.3 is 12.1 Å². The summed E-state index contributed by atoms with van der Waals surface area (Å²) in [6, 6.07) is 3.18. The van der Waals surface area contributed by atoms with E-state index in [0.717, 1.165) is 12.8 Å². The highest BCUT2D eigenvalue weighted by atomic mass is 16.6. The highest BCUT2D eigenvalue weighted by molar-refractivity contribution is 5.85. The molecular formula is C13H18N4O4. The monoisotopic (exact) mass is 294 g/mol. The molecule has 114 valence electrons. The van der Waals surface area contributed by atoms with Crippen LogP contribution >= 0.6 is 0 Å². The minimum absolute atomic E-state index is 0.0855. The van der Waals surface area contributed by atoms with Crippen LogP contribution in [0.3, 0.4) is 0 Å². The number of nitrogens with one attached hydrogen (secondary N) is 1. The van der Waals surface area contributed by atoms with Gasteiger partial charge in [0.25, 0.3) is 0 Å². The van der Waals surface area contributed by atoms with Crippen molar-refractivity contribution in [3.05, 3.63) is 17.8 Å². The van der Waals surface area contributed by atoms with E-state index in [2.05, 4.69) is 15.5 Å². The van der Waals surface area contributed by atoms with Gasteiger partial charge in [0, 0.05) is 19.1 Å². The molecular weight excluding hydrogens is 276 g/mol. The van der Waals surface area contributed by atoms with Gasteiger partial charge in [-0.2, -0.15) is 0 Å². The number of carbonyl (C=O) groups is 2. The fraction of sp³-hybridized carbons (Fsp3) is 0.538. The Labute approximate surface area is 122 Å². The number of aromatic carboxylic acids is 1. The summed E-state index contributed by atoms with van der Waals surface area (Å²) in [5.74, 6) is -0.564. The molecule has 8 nitrogen and oxygen atoms in total. The Balaban J connectivity index is 1.83. The van der Waals surface area contributed by atoms with Crippen molar-refractivity contribution >= 4 is 17.9 Å². The number of carboxylic acids is 1. The molecule has 1 aromatic heterocycles. The number of nitrogens with zero attached hydrogens (tertiary/aromatic N) is 3. The van der Waals surface area contributed by atoms with Gasteiger partial charge in [0.1, 0.15) is 5.82 Å². The number of ether oxygens (including phenoxy) is 1. The number of amides is 1. The fourth-order valence-corrected chi connectivity index (χ4v) is 2.15. The Hall–Kier alpha value is -2.38. The number of carboxylic acid groups (broad SMARTS) is 1. The lowest BCUT2D eigenvalue weighted by atomic mass is 10.1. The van der Waals surface area contributed by atoms with Gasteiger partial charge < -0.3 is 20.1 Å². The van der Waals surface area contributed by atoms with Gasteiger partial charge in [-0.1, -0.05) is 0 Å². The first-order valence-corrected chi connectivity index (χ1v) is 6.85. The number of piperidine rings is 1. The number of aromatic nitrogens is 2. The normalized spacial score (nSPS) is 15.6. The average Bonchev–Trinajstić information content (AvgIpc) is 2.49. The summed E-state index contributed by atoms with van der Waals surface area (Å²) in [5, 5.41) is 19.4. The highest BCUT2D eigenvalue weighted by Gasteiger charge is 2.23. The van der Waals surface area contributed by atoms with E-state index in [1.807, 2.05) is 0 Å². The standard InChI is InChI=1S/C13H18N4O4/c1-2-21-13(20)17-7-5-9(6-8-17)14-11-4-3-10(12(18)19)15-16-11/h3-4,9H,2,5-8H2,1H3,(H,14,16)(H,18,19). The van der Waals surface area contributed by atoms with Crippen molar-refractivity contribution in [3.63, 3.8) is 0 Å². The van der Waals surface area contributed by atoms with Gasteiger partial charge in [-0.3, -0.25) is 0 Å². The van der Waals surface area contributed by atoms with Crippen molar-refractivity contribution < 1.29 is 19.4 Å².